The monoisotopic (exact) mass is 380 g/mol. The van der Waals surface area contributed by atoms with Gasteiger partial charge in [-0.3, -0.25) is 4.99 Å². The lowest BCUT2D eigenvalue weighted by Gasteiger charge is -2.16. The molecule has 2 rings (SSSR count). The molecule has 0 atom stereocenters. The van der Waals surface area contributed by atoms with E-state index in [1.807, 2.05) is 20.2 Å². The van der Waals surface area contributed by atoms with Crippen molar-refractivity contribution in [1.82, 2.24) is 15.6 Å². The fourth-order valence-electron chi connectivity index (χ4n) is 2.12. The number of aliphatic imine (C=N–C) groups is 1. The summed E-state index contributed by atoms with van der Waals surface area (Å²) in [5.41, 5.74) is 0. The molecule has 18 heavy (non-hydrogen) atoms. The van der Waals surface area contributed by atoms with E-state index in [1.165, 1.54) is 30.6 Å². The molecule has 1 heterocycles. The zero-order valence-corrected chi connectivity index (χ0v) is 14.0. The SMILES string of the molecule is CN=C(NCc1cnc(C)s1)NC1CCCC1.I. The molecule has 4 nitrogen and oxygen atoms in total. The van der Waals surface area contributed by atoms with Crippen molar-refractivity contribution >= 4 is 41.3 Å². The van der Waals surface area contributed by atoms with Crippen molar-refractivity contribution in [2.45, 2.75) is 45.2 Å². The molecule has 1 aliphatic carbocycles. The van der Waals surface area contributed by atoms with Crippen molar-refractivity contribution in [3.05, 3.63) is 16.1 Å². The van der Waals surface area contributed by atoms with Crippen LogP contribution in [0.15, 0.2) is 11.2 Å². The lowest BCUT2D eigenvalue weighted by atomic mass is 10.2. The molecule has 2 N–H and O–H groups in total. The Kier molecular flexibility index (Phi) is 6.91. The number of nitrogens with zero attached hydrogens (tertiary/aromatic N) is 2. The van der Waals surface area contributed by atoms with E-state index in [0.29, 0.717) is 6.04 Å². The molecule has 1 fully saturated rings. The second kappa shape index (κ2) is 7.93. The maximum Gasteiger partial charge on any atom is 0.191 e. The zero-order valence-electron chi connectivity index (χ0n) is 10.9. The lowest BCUT2D eigenvalue weighted by Crippen LogP contribution is -2.41. The highest BCUT2D eigenvalue weighted by atomic mass is 127. The Bertz CT molecular complexity index is 385. The van der Waals surface area contributed by atoms with E-state index in [2.05, 4.69) is 20.6 Å². The van der Waals surface area contributed by atoms with Gasteiger partial charge in [0.05, 0.1) is 11.6 Å². The minimum absolute atomic E-state index is 0. The van der Waals surface area contributed by atoms with Crippen molar-refractivity contribution in [2.24, 2.45) is 4.99 Å². The summed E-state index contributed by atoms with van der Waals surface area (Å²) >= 11 is 1.73. The van der Waals surface area contributed by atoms with Gasteiger partial charge < -0.3 is 10.6 Å². The van der Waals surface area contributed by atoms with Gasteiger partial charge in [-0.25, -0.2) is 4.98 Å². The number of halogens is 1. The van der Waals surface area contributed by atoms with E-state index in [0.717, 1.165) is 17.5 Å². The first kappa shape index (κ1) is 15.7. The third-order valence-corrected chi connectivity index (χ3v) is 3.93. The highest BCUT2D eigenvalue weighted by molar-refractivity contribution is 14.0. The van der Waals surface area contributed by atoms with Gasteiger partial charge in [-0.05, 0) is 19.8 Å². The standard InChI is InChI=1S/C12H20N4S.HI/c1-9-14-7-11(17-9)8-15-12(13-2)16-10-5-3-4-6-10;/h7,10H,3-6,8H2,1-2H3,(H2,13,15,16);1H. The third-order valence-electron chi connectivity index (χ3n) is 3.02. The van der Waals surface area contributed by atoms with Gasteiger partial charge in [-0.1, -0.05) is 12.8 Å². The minimum Gasteiger partial charge on any atom is -0.354 e. The van der Waals surface area contributed by atoms with Crippen LogP contribution >= 0.6 is 35.3 Å². The summed E-state index contributed by atoms with van der Waals surface area (Å²) in [6.07, 6.45) is 7.13. The maximum absolute atomic E-state index is 4.25. The molecular formula is C12H21IN4S. The van der Waals surface area contributed by atoms with Crippen LogP contribution in [0.1, 0.15) is 35.6 Å². The Labute approximate surface area is 130 Å². The van der Waals surface area contributed by atoms with Gasteiger partial charge in [0.2, 0.25) is 0 Å². The largest absolute Gasteiger partial charge is 0.354 e. The van der Waals surface area contributed by atoms with E-state index in [-0.39, 0.29) is 24.0 Å². The molecule has 0 bridgehead atoms. The second-order valence-electron chi connectivity index (χ2n) is 4.40. The predicted molar refractivity (Wildman–Crippen MR) is 87.9 cm³/mol. The van der Waals surface area contributed by atoms with Crippen molar-refractivity contribution in [2.75, 3.05) is 7.05 Å². The van der Waals surface area contributed by atoms with E-state index >= 15 is 0 Å². The van der Waals surface area contributed by atoms with Crippen molar-refractivity contribution in [3.8, 4) is 0 Å². The molecule has 0 amide bonds. The Balaban J connectivity index is 0.00000162. The number of aryl methyl sites for hydroxylation is 1. The van der Waals surface area contributed by atoms with Crippen LogP contribution in [0.25, 0.3) is 0 Å². The fraction of sp³-hybridized carbons (Fsp3) is 0.667. The first-order chi connectivity index (χ1) is 8.28. The normalized spacial score (nSPS) is 16.4. The van der Waals surface area contributed by atoms with Crippen LogP contribution in [-0.2, 0) is 6.54 Å². The van der Waals surface area contributed by atoms with Gasteiger partial charge in [0, 0.05) is 24.2 Å². The van der Waals surface area contributed by atoms with Crippen LogP contribution in [0.3, 0.4) is 0 Å². The second-order valence-corrected chi connectivity index (χ2v) is 5.72. The molecule has 1 aromatic heterocycles. The molecule has 0 aromatic carbocycles. The fourth-order valence-corrected chi connectivity index (χ4v) is 2.85. The smallest absolute Gasteiger partial charge is 0.191 e. The number of thiazole rings is 1. The summed E-state index contributed by atoms with van der Waals surface area (Å²) < 4.78 is 0. The summed E-state index contributed by atoms with van der Waals surface area (Å²) in [4.78, 5) is 9.74. The first-order valence-electron chi connectivity index (χ1n) is 6.16. The van der Waals surface area contributed by atoms with Crippen LogP contribution in [0.4, 0.5) is 0 Å². The summed E-state index contributed by atoms with van der Waals surface area (Å²) in [7, 11) is 1.82. The van der Waals surface area contributed by atoms with E-state index in [1.54, 1.807) is 11.3 Å². The molecular weight excluding hydrogens is 359 g/mol. The average Bonchev–Trinajstić information content (AvgIpc) is 2.96. The van der Waals surface area contributed by atoms with E-state index in [4.69, 9.17) is 0 Å². The summed E-state index contributed by atoms with van der Waals surface area (Å²) in [5.74, 6) is 0.906. The van der Waals surface area contributed by atoms with Crippen molar-refractivity contribution < 1.29 is 0 Å². The Morgan fingerprint density at radius 2 is 2.22 bits per heavy atom. The average molecular weight is 380 g/mol. The van der Waals surface area contributed by atoms with Gasteiger partial charge in [-0.2, -0.15) is 0 Å². The summed E-state index contributed by atoms with van der Waals surface area (Å²) in [6.45, 7) is 2.83. The highest BCUT2D eigenvalue weighted by Crippen LogP contribution is 2.17. The molecule has 1 aliphatic rings. The number of aromatic nitrogens is 1. The van der Waals surface area contributed by atoms with Crippen LogP contribution in [-0.4, -0.2) is 24.0 Å². The predicted octanol–water partition coefficient (Wildman–Crippen LogP) is 2.68. The van der Waals surface area contributed by atoms with Crippen LogP contribution in [0.5, 0.6) is 0 Å². The van der Waals surface area contributed by atoms with Crippen molar-refractivity contribution in [3.63, 3.8) is 0 Å². The molecule has 0 radical (unpaired) electrons. The number of guanidine groups is 1. The Morgan fingerprint density at radius 3 is 2.78 bits per heavy atom. The lowest BCUT2D eigenvalue weighted by molar-refractivity contribution is 0.614. The van der Waals surface area contributed by atoms with Crippen LogP contribution < -0.4 is 10.6 Å². The highest BCUT2D eigenvalue weighted by Gasteiger charge is 2.15. The molecule has 0 aliphatic heterocycles. The van der Waals surface area contributed by atoms with Gasteiger partial charge in [0.1, 0.15) is 0 Å². The van der Waals surface area contributed by atoms with Gasteiger partial charge in [-0.15, -0.1) is 35.3 Å². The van der Waals surface area contributed by atoms with E-state index < -0.39 is 0 Å². The minimum atomic E-state index is 0. The number of rotatable bonds is 3. The topological polar surface area (TPSA) is 49.3 Å². The Hall–Kier alpha value is -0.370. The third kappa shape index (κ3) is 4.72. The molecule has 6 heteroatoms. The molecule has 1 aromatic rings. The molecule has 1 saturated carbocycles. The van der Waals surface area contributed by atoms with Gasteiger partial charge in [0.15, 0.2) is 5.96 Å². The number of hydrogen-bond acceptors (Lipinski definition) is 3. The molecule has 0 unspecified atom stereocenters. The Morgan fingerprint density at radius 1 is 1.50 bits per heavy atom. The van der Waals surface area contributed by atoms with Crippen LogP contribution in [0.2, 0.25) is 0 Å². The summed E-state index contributed by atoms with van der Waals surface area (Å²) in [6, 6.07) is 0.601. The zero-order chi connectivity index (χ0) is 12.1. The maximum atomic E-state index is 4.25. The van der Waals surface area contributed by atoms with Crippen LogP contribution in [0, 0.1) is 6.92 Å². The number of hydrogen-bond donors (Lipinski definition) is 2. The van der Waals surface area contributed by atoms with Crippen molar-refractivity contribution in [1.29, 1.82) is 0 Å². The van der Waals surface area contributed by atoms with Gasteiger partial charge >= 0.3 is 0 Å². The molecule has 0 saturated heterocycles. The van der Waals surface area contributed by atoms with E-state index in [9.17, 15) is 0 Å². The summed E-state index contributed by atoms with van der Waals surface area (Å²) in [5, 5.41) is 7.91. The number of nitrogens with one attached hydrogen (secondary N) is 2. The molecule has 102 valence electrons. The molecule has 0 spiro atoms. The van der Waals surface area contributed by atoms with Gasteiger partial charge in [0.25, 0.3) is 0 Å². The first-order valence-corrected chi connectivity index (χ1v) is 6.98. The quantitative estimate of drug-likeness (QED) is 0.482.